The van der Waals surface area contributed by atoms with Gasteiger partial charge in [-0.25, -0.2) is 0 Å². The van der Waals surface area contributed by atoms with Gasteiger partial charge in [-0.3, -0.25) is 4.79 Å². The van der Waals surface area contributed by atoms with E-state index in [9.17, 15) is 4.79 Å². The van der Waals surface area contributed by atoms with Gasteiger partial charge in [0.2, 0.25) is 5.91 Å². The standard InChI is InChI=1S/C15H18ClNO/c1-5-10-17(11(4)18)15-12(6-2)8-9-14(16)13(15)7-3/h1,8-9H,6-7,10H2,2-4H3. The Morgan fingerprint density at radius 3 is 2.50 bits per heavy atom. The second-order valence-electron chi connectivity index (χ2n) is 4.05. The van der Waals surface area contributed by atoms with Crippen molar-refractivity contribution in [1.29, 1.82) is 0 Å². The summed E-state index contributed by atoms with van der Waals surface area (Å²) in [5, 5.41) is 0.688. The average molecular weight is 264 g/mol. The molecule has 0 aliphatic heterocycles. The molecular weight excluding hydrogens is 246 g/mol. The van der Waals surface area contributed by atoms with E-state index in [0.717, 1.165) is 29.7 Å². The summed E-state index contributed by atoms with van der Waals surface area (Å²) in [5.41, 5.74) is 2.97. The molecule has 1 amide bonds. The molecular formula is C15H18ClNO. The van der Waals surface area contributed by atoms with Crippen LogP contribution >= 0.6 is 11.6 Å². The molecule has 0 fully saturated rings. The maximum absolute atomic E-state index is 11.8. The Balaban J connectivity index is 3.47. The molecule has 1 rings (SSSR count). The average Bonchev–Trinajstić information content (AvgIpc) is 2.35. The van der Waals surface area contributed by atoms with Gasteiger partial charge in [0.15, 0.2) is 0 Å². The number of hydrogen-bond donors (Lipinski definition) is 0. The van der Waals surface area contributed by atoms with Crippen LogP contribution in [-0.4, -0.2) is 12.5 Å². The van der Waals surface area contributed by atoms with Gasteiger partial charge in [-0.15, -0.1) is 6.42 Å². The van der Waals surface area contributed by atoms with Gasteiger partial charge in [-0.2, -0.15) is 0 Å². The number of terminal acetylenes is 1. The molecule has 0 aliphatic carbocycles. The van der Waals surface area contributed by atoms with Crippen LogP contribution in [0.15, 0.2) is 12.1 Å². The molecule has 1 aromatic rings. The SMILES string of the molecule is C#CCN(C(C)=O)c1c(CC)ccc(Cl)c1CC. The predicted molar refractivity (Wildman–Crippen MR) is 77.1 cm³/mol. The van der Waals surface area contributed by atoms with E-state index in [1.165, 1.54) is 6.92 Å². The Morgan fingerprint density at radius 1 is 1.39 bits per heavy atom. The summed E-state index contributed by atoms with van der Waals surface area (Å²) in [6, 6.07) is 3.85. The third-order valence-electron chi connectivity index (χ3n) is 2.94. The predicted octanol–water partition coefficient (Wildman–Crippen LogP) is 3.45. The van der Waals surface area contributed by atoms with Crippen molar-refractivity contribution in [1.82, 2.24) is 0 Å². The van der Waals surface area contributed by atoms with Crippen LogP contribution in [0.3, 0.4) is 0 Å². The molecule has 2 nitrogen and oxygen atoms in total. The number of rotatable bonds is 4. The van der Waals surface area contributed by atoms with Gasteiger partial charge in [0.1, 0.15) is 0 Å². The van der Waals surface area contributed by atoms with Crippen LogP contribution in [0.1, 0.15) is 31.9 Å². The molecule has 0 aromatic heterocycles. The minimum absolute atomic E-state index is 0.0559. The number of aryl methyl sites for hydroxylation is 1. The molecule has 0 saturated carbocycles. The van der Waals surface area contributed by atoms with Crippen molar-refractivity contribution in [2.24, 2.45) is 0 Å². The fourth-order valence-electron chi connectivity index (χ4n) is 2.06. The van der Waals surface area contributed by atoms with E-state index in [4.69, 9.17) is 18.0 Å². The van der Waals surface area contributed by atoms with Gasteiger partial charge in [0.25, 0.3) is 0 Å². The Hall–Kier alpha value is -1.46. The van der Waals surface area contributed by atoms with Crippen molar-refractivity contribution in [2.45, 2.75) is 33.6 Å². The van der Waals surface area contributed by atoms with E-state index in [0.29, 0.717) is 5.02 Å². The van der Waals surface area contributed by atoms with Gasteiger partial charge in [-0.1, -0.05) is 37.4 Å². The number of halogens is 1. The van der Waals surface area contributed by atoms with Crippen LogP contribution in [0.5, 0.6) is 0 Å². The van der Waals surface area contributed by atoms with Gasteiger partial charge in [0.05, 0.1) is 12.2 Å². The van der Waals surface area contributed by atoms with Crippen LogP contribution in [-0.2, 0) is 17.6 Å². The number of carbonyl (C=O) groups excluding carboxylic acids is 1. The van der Waals surface area contributed by atoms with Crippen molar-refractivity contribution in [3.05, 3.63) is 28.3 Å². The highest BCUT2D eigenvalue weighted by atomic mass is 35.5. The first-order chi connectivity index (χ1) is 8.56. The number of anilines is 1. The zero-order valence-corrected chi connectivity index (χ0v) is 11.8. The normalized spacial score (nSPS) is 9.94. The lowest BCUT2D eigenvalue weighted by Gasteiger charge is -2.25. The first kappa shape index (κ1) is 14.6. The molecule has 0 unspecified atom stereocenters. The van der Waals surface area contributed by atoms with Crippen LogP contribution in [0.4, 0.5) is 5.69 Å². The molecule has 0 spiro atoms. The van der Waals surface area contributed by atoms with E-state index >= 15 is 0 Å². The molecule has 0 bridgehead atoms. The molecule has 3 heteroatoms. The molecule has 0 heterocycles. The van der Waals surface area contributed by atoms with Crippen molar-refractivity contribution >= 4 is 23.2 Å². The third-order valence-corrected chi connectivity index (χ3v) is 3.30. The highest BCUT2D eigenvalue weighted by molar-refractivity contribution is 6.32. The lowest BCUT2D eigenvalue weighted by Crippen LogP contribution is -2.30. The molecule has 0 atom stereocenters. The third kappa shape index (κ3) is 2.86. The van der Waals surface area contributed by atoms with Gasteiger partial charge < -0.3 is 4.90 Å². The highest BCUT2D eigenvalue weighted by Gasteiger charge is 2.19. The molecule has 0 N–H and O–H groups in total. The fraction of sp³-hybridized carbons (Fsp3) is 0.400. The van der Waals surface area contributed by atoms with Gasteiger partial charge >= 0.3 is 0 Å². The second-order valence-corrected chi connectivity index (χ2v) is 4.46. The van der Waals surface area contributed by atoms with Crippen molar-refractivity contribution in [3.63, 3.8) is 0 Å². The molecule has 96 valence electrons. The molecule has 0 saturated heterocycles. The van der Waals surface area contributed by atoms with E-state index in [1.807, 2.05) is 19.1 Å². The molecule has 1 aromatic carbocycles. The summed E-state index contributed by atoms with van der Waals surface area (Å²) in [5.74, 6) is 2.48. The van der Waals surface area contributed by atoms with Crippen LogP contribution < -0.4 is 4.90 Å². The smallest absolute Gasteiger partial charge is 0.224 e. The lowest BCUT2D eigenvalue weighted by molar-refractivity contribution is -0.116. The molecule has 18 heavy (non-hydrogen) atoms. The summed E-state index contributed by atoms with van der Waals surface area (Å²) in [6.07, 6.45) is 6.96. The Morgan fingerprint density at radius 2 is 2.06 bits per heavy atom. The van der Waals surface area contributed by atoms with E-state index in [2.05, 4.69) is 12.8 Å². The highest BCUT2D eigenvalue weighted by Crippen LogP contribution is 2.32. The summed E-state index contributed by atoms with van der Waals surface area (Å²) in [6.45, 7) is 5.88. The quantitative estimate of drug-likeness (QED) is 0.762. The Labute approximate surface area is 114 Å². The minimum Gasteiger partial charge on any atom is -0.300 e. The first-order valence-electron chi connectivity index (χ1n) is 6.08. The maximum atomic E-state index is 11.8. The first-order valence-corrected chi connectivity index (χ1v) is 6.46. The van der Waals surface area contributed by atoms with E-state index < -0.39 is 0 Å². The Bertz CT molecular complexity index is 488. The number of hydrogen-bond acceptors (Lipinski definition) is 1. The van der Waals surface area contributed by atoms with Crippen molar-refractivity contribution in [2.75, 3.05) is 11.4 Å². The van der Waals surface area contributed by atoms with Crippen LogP contribution in [0.2, 0.25) is 5.02 Å². The summed E-state index contributed by atoms with van der Waals surface area (Å²) >= 11 is 6.22. The number of amides is 1. The zero-order valence-electron chi connectivity index (χ0n) is 11.1. The largest absolute Gasteiger partial charge is 0.300 e. The fourth-order valence-corrected chi connectivity index (χ4v) is 2.34. The molecule has 0 aliphatic rings. The van der Waals surface area contributed by atoms with E-state index in [1.54, 1.807) is 4.90 Å². The van der Waals surface area contributed by atoms with Gasteiger partial charge in [0, 0.05) is 11.9 Å². The molecule has 0 radical (unpaired) electrons. The summed E-state index contributed by atoms with van der Waals surface area (Å²) < 4.78 is 0. The number of benzene rings is 1. The number of carbonyl (C=O) groups is 1. The topological polar surface area (TPSA) is 20.3 Å². The maximum Gasteiger partial charge on any atom is 0.224 e. The zero-order chi connectivity index (χ0) is 13.7. The van der Waals surface area contributed by atoms with Crippen LogP contribution in [0, 0.1) is 12.3 Å². The lowest BCUT2D eigenvalue weighted by atomic mass is 10.0. The Kier molecular flexibility index (Phi) is 5.25. The minimum atomic E-state index is -0.0559. The monoisotopic (exact) mass is 263 g/mol. The van der Waals surface area contributed by atoms with Gasteiger partial charge in [-0.05, 0) is 30.0 Å². The second kappa shape index (κ2) is 6.47. The summed E-state index contributed by atoms with van der Waals surface area (Å²) in [4.78, 5) is 13.4. The number of nitrogens with zero attached hydrogens (tertiary/aromatic N) is 1. The van der Waals surface area contributed by atoms with Crippen LogP contribution in [0.25, 0.3) is 0 Å². The van der Waals surface area contributed by atoms with Crippen molar-refractivity contribution in [3.8, 4) is 12.3 Å². The van der Waals surface area contributed by atoms with Crippen molar-refractivity contribution < 1.29 is 4.79 Å². The summed E-state index contributed by atoms with van der Waals surface area (Å²) in [7, 11) is 0. The van der Waals surface area contributed by atoms with E-state index in [-0.39, 0.29) is 12.5 Å².